The maximum absolute atomic E-state index is 12.3. The van der Waals surface area contributed by atoms with E-state index in [2.05, 4.69) is 5.32 Å². The predicted molar refractivity (Wildman–Crippen MR) is 82.0 cm³/mol. The van der Waals surface area contributed by atoms with Gasteiger partial charge in [-0.1, -0.05) is 0 Å². The molecule has 1 rings (SSSR count). The SMILES string of the molecule is CCOc1ccc(N)c(S(=O)(=O)CCC(=O)NC(C)C)c1. The van der Waals surface area contributed by atoms with Gasteiger partial charge in [0, 0.05) is 18.5 Å². The Hall–Kier alpha value is -1.76. The first-order chi connectivity index (χ1) is 9.76. The van der Waals surface area contributed by atoms with Crippen molar-refractivity contribution in [2.75, 3.05) is 18.1 Å². The molecular formula is C14H22N2O4S. The fourth-order valence-corrected chi connectivity index (χ4v) is 3.17. The Balaban J connectivity index is 2.87. The maximum atomic E-state index is 12.3. The summed E-state index contributed by atoms with van der Waals surface area (Å²) in [5, 5.41) is 2.65. The van der Waals surface area contributed by atoms with E-state index >= 15 is 0 Å². The van der Waals surface area contributed by atoms with E-state index < -0.39 is 9.84 Å². The van der Waals surface area contributed by atoms with Crippen LogP contribution in [-0.4, -0.2) is 32.7 Å². The number of sulfone groups is 1. The van der Waals surface area contributed by atoms with Crippen LogP contribution in [0.4, 0.5) is 5.69 Å². The Bertz CT molecular complexity index is 597. The van der Waals surface area contributed by atoms with Crippen LogP contribution in [0.2, 0.25) is 0 Å². The van der Waals surface area contributed by atoms with Crippen molar-refractivity contribution in [3.05, 3.63) is 18.2 Å². The molecule has 0 radical (unpaired) electrons. The van der Waals surface area contributed by atoms with Crippen molar-refractivity contribution in [2.24, 2.45) is 0 Å². The standard InChI is InChI=1S/C14H22N2O4S/c1-4-20-11-5-6-12(15)13(9-11)21(18,19)8-7-14(17)16-10(2)3/h5-6,9-10H,4,7-8,15H2,1-3H3,(H,16,17). The van der Waals surface area contributed by atoms with Crippen molar-refractivity contribution < 1.29 is 17.9 Å². The van der Waals surface area contributed by atoms with Gasteiger partial charge in [-0.15, -0.1) is 0 Å². The fraction of sp³-hybridized carbons (Fsp3) is 0.500. The molecule has 0 aliphatic heterocycles. The third kappa shape index (κ3) is 5.26. The Morgan fingerprint density at radius 3 is 2.62 bits per heavy atom. The lowest BCUT2D eigenvalue weighted by Gasteiger charge is -2.11. The molecule has 0 saturated heterocycles. The number of carbonyl (C=O) groups is 1. The minimum Gasteiger partial charge on any atom is -0.494 e. The fourth-order valence-electron chi connectivity index (χ4n) is 1.77. The van der Waals surface area contributed by atoms with Crippen molar-refractivity contribution in [1.82, 2.24) is 5.32 Å². The molecule has 0 saturated carbocycles. The van der Waals surface area contributed by atoms with Gasteiger partial charge in [-0.3, -0.25) is 4.79 Å². The number of carbonyl (C=O) groups excluding carboxylic acids is 1. The second-order valence-corrected chi connectivity index (χ2v) is 7.00. The van der Waals surface area contributed by atoms with Crippen LogP contribution in [-0.2, 0) is 14.6 Å². The molecule has 0 atom stereocenters. The van der Waals surface area contributed by atoms with Crippen molar-refractivity contribution in [3.63, 3.8) is 0 Å². The van der Waals surface area contributed by atoms with Gasteiger partial charge >= 0.3 is 0 Å². The molecule has 1 aromatic rings. The van der Waals surface area contributed by atoms with E-state index in [9.17, 15) is 13.2 Å². The summed E-state index contributed by atoms with van der Waals surface area (Å²) in [6.45, 7) is 5.87. The lowest BCUT2D eigenvalue weighted by molar-refractivity contribution is -0.121. The number of nitrogens with two attached hydrogens (primary N) is 1. The average Bonchev–Trinajstić information content (AvgIpc) is 2.38. The van der Waals surface area contributed by atoms with Gasteiger partial charge in [0.1, 0.15) is 5.75 Å². The molecule has 0 spiro atoms. The predicted octanol–water partition coefficient (Wildman–Crippen LogP) is 1.36. The molecule has 118 valence electrons. The number of anilines is 1. The lowest BCUT2D eigenvalue weighted by atomic mass is 10.3. The second kappa shape index (κ2) is 7.31. The number of amides is 1. The number of rotatable bonds is 7. The van der Waals surface area contributed by atoms with Gasteiger partial charge in [-0.2, -0.15) is 0 Å². The average molecular weight is 314 g/mol. The summed E-state index contributed by atoms with van der Waals surface area (Å²) >= 11 is 0. The number of nitrogens with one attached hydrogen (secondary N) is 1. The summed E-state index contributed by atoms with van der Waals surface area (Å²) < 4.78 is 29.8. The molecule has 0 fully saturated rings. The van der Waals surface area contributed by atoms with E-state index in [4.69, 9.17) is 10.5 Å². The van der Waals surface area contributed by atoms with E-state index in [0.717, 1.165) is 0 Å². The molecule has 0 unspecified atom stereocenters. The van der Waals surface area contributed by atoms with Gasteiger partial charge in [0.15, 0.2) is 9.84 Å². The highest BCUT2D eigenvalue weighted by molar-refractivity contribution is 7.91. The normalized spacial score (nSPS) is 11.4. The molecular weight excluding hydrogens is 292 g/mol. The highest BCUT2D eigenvalue weighted by Crippen LogP contribution is 2.25. The zero-order valence-corrected chi connectivity index (χ0v) is 13.4. The van der Waals surface area contributed by atoms with Crippen molar-refractivity contribution in [3.8, 4) is 5.75 Å². The van der Waals surface area contributed by atoms with Gasteiger partial charge in [0.05, 0.1) is 22.9 Å². The maximum Gasteiger partial charge on any atom is 0.221 e. The van der Waals surface area contributed by atoms with Crippen LogP contribution in [0, 0.1) is 0 Å². The largest absolute Gasteiger partial charge is 0.494 e. The quantitative estimate of drug-likeness (QED) is 0.740. The van der Waals surface area contributed by atoms with Crippen LogP contribution >= 0.6 is 0 Å². The van der Waals surface area contributed by atoms with Crippen LogP contribution in [0.15, 0.2) is 23.1 Å². The Kier molecular flexibility index (Phi) is 6.02. The zero-order valence-electron chi connectivity index (χ0n) is 12.5. The van der Waals surface area contributed by atoms with Crippen molar-refractivity contribution in [2.45, 2.75) is 38.1 Å². The van der Waals surface area contributed by atoms with E-state index in [1.807, 2.05) is 13.8 Å². The molecule has 0 aliphatic rings. The first-order valence-corrected chi connectivity index (χ1v) is 8.46. The van der Waals surface area contributed by atoms with Crippen LogP contribution in [0.5, 0.6) is 5.75 Å². The van der Waals surface area contributed by atoms with Gasteiger partial charge < -0.3 is 15.8 Å². The van der Waals surface area contributed by atoms with E-state index in [-0.39, 0.29) is 34.7 Å². The van der Waals surface area contributed by atoms with Crippen LogP contribution in [0.1, 0.15) is 27.2 Å². The Labute approximate surface area is 125 Å². The van der Waals surface area contributed by atoms with Gasteiger partial charge in [0.2, 0.25) is 5.91 Å². The first-order valence-electron chi connectivity index (χ1n) is 6.80. The summed E-state index contributed by atoms with van der Waals surface area (Å²) in [7, 11) is -3.63. The molecule has 1 amide bonds. The minimum absolute atomic E-state index is 0.00537. The lowest BCUT2D eigenvalue weighted by Crippen LogP contribution is -2.31. The van der Waals surface area contributed by atoms with E-state index in [1.165, 1.54) is 12.1 Å². The molecule has 1 aromatic carbocycles. The summed E-state index contributed by atoms with van der Waals surface area (Å²) in [4.78, 5) is 11.6. The highest BCUT2D eigenvalue weighted by atomic mass is 32.2. The zero-order chi connectivity index (χ0) is 16.0. The Morgan fingerprint density at radius 1 is 1.38 bits per heavy atom. The van der Waals surface area contributed by atoms with Crippen molar-refractivity contribution in [1.29, 1.82) is 0 Å². The van der Waals surface area contributed by atoms with Crippen LogP contribution in [0.3, 0.4) is 0 Å². The monoisotopic (exact) mass is 314 g/mol. The second-order valence-electron chi connectivity index (χ2n) is 4.92. The molecule has 0 heterocycles. The van der Waals surface area contributed by atoms with Gasteiger partial charge in [-0.25, -0.2) is 8.42 Å². The highest BCUT2D eigenvalue weighted by Gasteiger charge is 2.20. The molecule has 6 nitrogen and oxygen atoms in total. The van der Waals surface area contributed by atoms with Gasteiger partial charge in [-0.05, 0) is 32.9 Å². The molecule has 3 N–H and O–H groups in total. The Morgan fingerprint density at radius 2 is 2.05 bits per heavy atom. The summed E-state index contributed by atoms with van der Waals surface area (Å²) in [6, 6.07) is 4.48. The van der Waals surface area contributed by atoms with Gasteiger partial charge in [0.25, 0.3) is 0 Å². The van der Waals surface area contributed by atoms with Crippen molar-refractivity contribution >= 4 is 21.4 Å². The number of hydrogen-bond donors (Lipinski definition) is 2. The van der Waals surface area contributed by atoms with E-state index in [0.29, 0.717) is 12.4 Å². The molecule has 0 aliphatic carbocycles. The molecule has 7 heteroatoms. The molecule has 0 aromatic heterocycles. The smallest absolute Gasteiger partial charge is 0.221 e. The number of hydrogen-bond acceptors (Lipinski definition) is 5. The summed E-state index contributed by atoms with van der Waals surface area (Å²) in [5.41, 5.74) is 5.88. The summed E-state index contributed by atoms with van der Waals surface area (Å²) in [5.74, 6) is -0.143. The molecule has 0 bridgehead atoms. The van der Waals surface area contributed by atoms with E-state index in [1.54, 1.807) is 13.0 Å². The minimum atomic E-state index is -3.63. The van der Waals surface area contributed by atoms with Crippen LogP contribution in [0.25, 0.3) is 0 Å². The third-order valence-corrected chi connectivity index (χ3v) is 4.44. The number of benzene rings is 1. The number of nitrogen functional groups attached to an aromatic ring is 1. The third-order valence-electron chi connectivity index (χ3n) is 2.68. The topological polar surface area (TPSA) is 98.5 Å². The summed E-state index contributed by atoms with van der Waals surface area (Å²) in [6.07, 6.45) is -0.0984. The van der Waals surface area contributed by atoms with Crippen LogP contribution < -0.4 is 15.8 Å². The number of ether oxygens (including phenoxy) is 1. The first kappa shape index (κ1) is 17.3. The molecule has 21 heavy (non-hydrogen) atoms.